The van der Waals surface area contributed by atoms with Crippen LogP contribution in [0.1, 0.15) is 20.8 Å². The topological polar surface area (TPSA) is 34.1 Å². The smallest absolute Gasteiger partial charge is 0.207 e. The summed E-state index contributed by atoms with van der Waals surface area (Å²) in [7, 11) is 0. The van der Waals surface area contributed by atoms with Gasteiger partial charge in [0, 0.05) is 0 Å². The number of ether oxygens (including phenoxy) is 2. The van der Waals surface area contributed by atoms with Crippen molar-refractivity contribution in [2.45, 2.75) is 38.9 Å². The van der Waals surface area contributed by atoms with Crippen LogP contribution >= 0.6 is 0 Å². The third kappa shape index (κ3) is 2.08. The SMILES string of the molecule is C=NC1OC1OC(C)(C)C. The van der Waals surface area contributed by atoms with Gasteiger partial charge in [0.25, 0.3) is 0 Å². The summed E-state index contributed by atoms with van der Waals surface area (Å²) < 4.78 is 10.4. The normalized spacial score (nSPS) is 31.9. The lowest BCUT2D eigenvalue weighted by Crippen LogP contribution is -2.21. The molecular weight excluding hydrogens is 130 g/mol. The second-order valence-electron chi connectivity index (χ2n) is 3.31. The van der Waals surface area contributed by atoms with Gasteiger partial charge in [-0.05, 0) is 27.5 Å². The highest BCUT2D eigenvalue weighted by atomic mass is 16.8. The molecule has 58 valence electrons. The first kappa shape index (κ1) is 7.69. The van der Waals surface area contributed by atoms with E-state index in [1.165, 1.54) is 0 Å². The quantitative estimate of drug-likeness (QED) is 0.429. The van der Waals surface area contributed by atoms with Crippen molar-refractivity contribution in [3.63, 3.8) is 0 Å². The van der Waals surface area contributed by atoms with Gasteiger partial charge >= 0.3 is 0 Å². The molecule has 1 rings (SSSR count). The van der Waals surface area contributed by atoms with E-state index in [9.17, 15) is 0 Å². The minimum Gasteiger partial charge on any atom is -0.342 e. The molecule has 1 aliphatic rings. The molecule has 2 unspecified atom stereocenters. The summed E-state index contributed by atoms with van der Waals surface area (Å²) in [6.07, 6.45) is -0.281. The molecule has 0 radical (unpaired) electrons. The van der Waals surface area contributed by atoms with Crippen molar-refractivity contribution < 1.29 is 9.47 Å². The van der Waals surface area contributed by atoms with Crippen molar-refractivity contribution in [3.8, 4) is 0 Å². The molecule has 0 spiro atoms. The maximum absolute atomic E-state index is 5.40. The Kier molecular flexibility index (Phi) is 1.79. The fraction of sp³-hybridized carbons (Fsp3) is 0.857. The van der Waals surface area contributed by atoms with E-state index in [1.807, 2.05) is 20.8 Å². The molecule has 0 bridgehead atoms. The van der Waals surface area contributed by atoms with Crippen molar-refractivity contribution in [2.75, 3.05) is 0 Å². The van der Waals surface area contributed by atoms with E-state index in [-0.39, 0.29) is 18.1 Å². The van der Waals surface area contributed by atoms with E-state index in [1.54, 1.807) is 0 Å². The summed E-state index contributed by atoms with van der Waals surface area (Å²) in [5.74, 6) is 0. The summed E-state index contributed by atoms with van der Waals surface area (Å²) in [5.41, 5.74) is -0.149. The van der Waals surface area contributed by atoms with Crippen molar-refractivity contribution >= 4 is 6.72 Å². The summed E-state index contributed by atoms with van der Waals surface area (Å²) in [6, 6.07) is 0. The zero-order chi connectivity index (χ0) is 7.78. The molecule has 10 heavy (non-hydrogen) atoms. The second kappa shape index (κ2) is 2.32. The fourth-order valence-electron chi connectivity index (χ4n) is 0.656. The van der Waals surface area contributed by atoms with Gasteiger partial charge in [-0.3, -0.25) is 4.99 Å². The highest BCUT2D eigenvalue weighted by molar-refractivity contribution is 5.24. The number of rotatable bonds is 2. The van der Waals surface area contributed by atoms with Crippen molar-refractivity contribution in [1.29, 1.82) is 0 Å². The zero-order valence-corrected chi connectivity index (χ0v) is 6.63. The fourth-order valence-corrected chi connectivity index (χ4v) is 0.656. The Hall–Kier alpha value is -0.410. The van der Waals surface area contributed by atoms with Gasteiger partial charge in [-0.1, -0.05) is 0 Å². The number of hydrogen-bond acceptors (Lipinski definition) is 3. The van der Waals surface area contributed by atoms with Gasteiger partial charge in [0.2, 0.25) is 12.5 Å². The van der Waals surface area contributed by atoms with Crippen LogP contribution in [0.3, 0.4) is 0 Å². The minimum atomic E-state index is -0.155. The van der Waals surface area contributed by atoms with Crippen molar-refractivity contribution in [2.24, 2.45) is 4.99 Å². The first-order valence-corrected chi connectivity index (χ1v) is 3.32. The molecule has 2 atom stereocenters. The Morgan fingerprint density at radius 3 is 2.40 bits per heavy atom. The van der Waals surface area contributed by atoms with Crippen LogP contribution < -0.4 is 0 Å². The Balaban J connectivity index is 2.24. The average molecular weight is 143 g/mol. The molecule has 0 amide bonds. The van der Waals surface area contributed by atoms with Crippen LogP contribution in [0.4, 0.5) is 0 Å². The summed E-state index contributed by atoms with van der Waals surface area (Å²) in [6.45, 7) is 9.29. The van der Waals surface area contributed by atoms with E-state index in [2.05, 4.69) is 11.7 Å². The summed E-state index contributed by atoms with van der Waals surface area (Å²) >= 11 is 0. The standard InChI is InChI=1S/C7H13NO2/c1-7(2,3)10-6-5(8-4)9-6/h5-6H,4H2,1-3H3. The maximum atomic E-state index is 5.40. The van der Waals surface area contributed by atoms with Gasteiger partial charge in [-0.2, -0.15) is 0 Å². The number of aliphatic imine (C=N–C) groups is 1. The minimum absolute atomic E-state index is 0.126. The Labute approximate surface area is 61.0 Å². The monoisotopic (exact) mass is 143 g/mol. The van der Waals surface area contributed by atoms with Crippen LogP contribution in [-0.2, 0) is 9.47 Å². The second-order valence-corrected chi connectivity index (χ2v) is 3.31. The first-order valence-electron chi connectivity index (χ1n) is 3.32. The van der Waals surface area contributed by atoms with Gasteiger partial charge in [0.1, 0.15) is 0 Å². The molecule has 0 aromatic carbocycles. The average Bonchev–Trinajstić information content (AvgIpc) is 2.42. The van der Waals surface area contributed by atoms with Crippen molar-refractivity contribution in [1.82, 2.24) is 0 Å². The van der Waals surface area contributed by atoms with E-state index in [0.717, 1.165) is 0 Å². The lowest BCUT2D eigenvalue weighted by molar-refractivity contribution is -0.0569. The molecule has 0 aliphatic carbocycles. The first-order chi connectivity index (χ1) is 4.53. The van der Waals surface area contributed by atoms with Crippen LogP contribution in [-0.4, -0.2) is 24.8 Å². The van der Waals surface area contributed by atoms with E-state index in [0.29, 0.717) is 0 Å². The summed E-state index contributed by atoms with van der Waals surface area (Å²) in [5, 5.41) is 0. The molecule has 0 aromatic heterocycles. The molecule has 3 nitrogen and oxygen atoms in total. The lowest BCUT2D eigenvalue weighted by Gasteiger charge is -2.16. The van der Waals surface area contributed by atoms with E-state index in [4.69, 9.17) is 9.47 Å². The zero-order valence-electron chi connectivity index (χ0n) is 6.63. The molecule has 0 aromatic rings. The molecule has 0 saturated carbocycles. The molecule has 1 aliphatic heterocycles. The molecule has 0 N–H and O–H groups in total. The van der Waals surface area contributed by atoms with Crippen LogP contribution in [0.5, 0.6) is 0 Å². The summed E-state index contributed by atoms with van der Waals surface area (Å²) in [4.78, 5) is 3.67. The van der Waals surface area contributed by atoms with Crippen LogP contribution in [0.15, 0.2) is 4.99 Å². The number of nitrogens with zero attached hydrogens (tertiary/aromatic N) is 1. The van der Waals surface area contributed by atoms with Crippen LogP contribution in [0, 0.1) is 0 Å². The molecule has 1 heterocycles. The van der Waals surface area contributed by atoms with Crippen LogP contribution in [0.25, 0.3) is 0 Å². The Morgan fingerprint density at radius 1 is 1.50 bits per heavy atom. The predicted octanol–water partition coefficient (Wildman–Crippen LogP) is 1.18. The third-order valence-electron chi connectivity index (χ3n) is 1.08. The molecule has 1 saturated heterocycles. The Bertz CT molecular complexity index is 139. The molecule has 1 fully saturated rings. The number of hydrogen-bond donors (Lipinski definition) is 0. The molecule has 3 heteroatoms. The number of epoxide rings is 1. The largest absolute Gasteiger partial charge is 0.342 e. The van der Waals surface area contributed by atoms with Crippen LogP contribution in [0.2, 0.25) is 0 Å². The maximum Gasteiger partial charge on any atom is 0.207 e. The van der Waals surface area contributed by atoms with Gasteiger partial charge in [0.05, 0.1) is 5.60 Å². The van der Waals surface area contributed by atoms with Gasteiger partial charge in [-0.25, -0.2) is 0 Å². The van der Waals surface area contributed by atoms with Crippen molar-refractivity contribution in [3.05, 3.63) is 0 Å². The highest BCUT2D eigenvalue weighted by Gasteiger charge is 2.41. The molecular formula is C7H13NO2. The lowest BCUT2D eigenvalue weighted by atomic mass is 10.2. The highest BCUT2D eigenvalue weighted by Crippen LogP contribution is 2.28. The van der Waals surface area contributed by atoms with E-state index < -0.39 is 0 Å². The third-order valence-corrected chi connectivity index (χ3v) is 1.08. The van der Waals surface area contributed by atoms with Gasteiger partial charge < -0.3 is 9.47 Å². The predicted molar refractivity (Wildman–Crippen MR) is 39.0 cm³/mol. The Morgan fingerprint density at radius 2 is 2.10 bits per heavy atom. The van der Waals surface area contributed by atoms with Gasteiger partial charge in [0.15, 0.2) is 0 Å². The van der Waals surface area contributed by atoms with E-state index >= 15 is 0 Å². The van der Waals surface area contributed by atoms with Gasteiger partial charge in [-0.15, -0.1) is 0 Å².